The van der Waals surface area contributed by atoms with Crippen LogP contribution in [0.5, 0.6) is 0 Å². The molecule has 1 unspecified atom stereocenters. The molecule has 2 N–H and O–H groups in total. The molecule has 0 saturated heterocycles. The quantitative estimate of drug-likeness (QED) is 0.343. The first-order chi connectivity index (χ1) is 12.6. The molecule has 0 amide bonds. The fourth-order valence-corrected chi connectivity index (χ4v) is 2.78. The highest BCUT2D eigenvalue weighted by molar-refractivity contribution is 14.0. The van der Waals surface area contributed by atoms with Crippen LogP contribution in [0.4, 0.5) is 4.39 Å². The van der Waals surface area contributed by atoms with Gasteiger partial charge in [-0.1, -0.05) is 42.5 Å². The monoisotopic (exact) mass is 484 g/mol. The molecule has 0 saturated carbocycles. The van der Waals surface area contributed by atoms with Crippen molar-refractivity contribution >= 4 is 29.9 Å². The van der Waals surface area contributed by atoms with Gasteiger partial charge in [-0.05, 0) is 50.2 Å². The zero-order valence-corrected chi connectivity index (χ0v) is 18.6. The van der Waals surface area contributed by atoms with Gasteiger partial charge in [0.2, 0.25) is 0 Å². The summed E-state index contributed by atoms with van der Waals surface area (Å²) in [5.41, 5.74) is 2.30. The molecule has 0 radical (unpaired) electrons. The van der Waals surface area contributed by atoms with Crippen molar-refractivity contribution in [2.75, 3.05) is 34.2 Å². The number of halogens is 2. The van der Waals surface area contributed by atoms with E-state index in [2.05, 4.69) is 58.9 Å². The summed E-state index contributed by atoms with van der Waals surface area (Å²) < 4.78 is 13.2. The van der Waals surface area contributed by atoms with E-state index in [1.54, 1.807) is 19.2 Å². The molecule has 0 fully saturated rings. The Labute approximate surface area is 179 Å². The standard InChI is InChI=1S/C21H29FN4.HI/c1-23-21(24-13-12-18-10-7-11-19(22)14-18)25-16-20(26(2)3)15-17-8-5-4-6-9-17;/h4-11,14,20H,12-13,15-16H2,1-3H3,(H2,23,24,25);1H. The van der Waals surface area contributed by atoms with E-state index in [1.165, 1.54) is 11.6 Å². The maximum Gasteiger partial charge on any atom is 0.191 e. The SMILES string of the molecule is CN=C(NCCc1cccc(F)c1)NCC(Cc1ccccc1)N(C)C.I. The Hall–Kier alpha value is -1.67. The van der Waals surface area contributed by atoms with Gasteiger partial charge in [-0.15, -0.1) is 24.0 Å². The van der Waals surface area contributed by atoms with Crippen LogP contribution in [0.3, 0.4) is 0 Å². The Bertz CT molecular complexity index is 692. The Kier molecular flexibility index (Phi) is 11.0. The molecule has 0 spiro atoms. The lowest BCUT2D eigenvalue weighted by Crippen LogP contribution is -2.46. The second-order valence-corrected chi connectivity index (χ2v) is 6.57. The van der Waals surface area contributed by atoms with Gasteiger partial charge in [0, 0.05) is 26.2 Å². The lowest BCUT2D eigenvalue weighted by Gasteiger charge is -2.25. The summed E-state index contributed by atoms with van der Waals surface area (Å²) in [5, 5.41) is 6.69. The summed E-state index contributed by atoms with van der Waals surface area (Å²) in [5.74, 6) is 0.570. The van der Waals surface area contributed by atoms with Crippen molar-refractivity contribution in [1.82, 2.24) is 15.5 Å². The van der Waals surface area contributed by atoms with Gasteiger partial charge in [-0.25, -0.2) is 4.39 Å². The van der Waals surface area contributed by atoms with Gasteiger partial charge in [0.05, 0.1) is 0 Å². The summed E-state index contributed by atoms with van der Waals surface area (Å²) in [6.07, 6.45) is 1.72. The lowest BCUT2D eigenvalue weighted by molar-refractivity contribution is 0.290. The van der Waals surface area contributed by atoms with Gasteiger partial charge < -0.3 is 15.5 Å². The smallest absolute Gasteiger partial charge is 0.191 e. The summed E-state index contributed by atoms with van der Waals surface area (Å²) >= 11 is 0. The molecule has 0 bridgehead atoms. The summed E-state index contributed by atoms with van der Waals surface area (Å²) in [4.78, 5) is 6.50. The first kappa shape index (κ1) is 23.4. The Morgan fingerprint density at radius 3 is 2.37 bits per heavy atom. The van der Waals surface area contributed by atoms with E-state index in [0.717, 1.165) is 30.9 Å². The van der Waals surface area contributed by atoms with E-state index in [9.17, 15) is 4.39 Å². The molecule has 0 aliphatic heterocycles. The molecular weight excluding hydrogens is 454 g/mol. The van der Waals surface area contributed by atoms with Crippen molar-refractivity contribution < 1.29 is 4.39 Å². The van der Waals surface area contributed by atoms with Crippen LogP contribution in [-0.2, 0) is 12.8 Å². The number of nitrogens with one attached hydrogen (secondary N) is 2. The van der Waals surface area contributed by atoms with Crippen LogP contribution in [-0.4, -0.2) is 51.1 Å². The molecule has 27 heavy (non-hydrogen) atoms. The third-order valence-electron chi connectivity index (χ3n) is 4.37. The normalized spacial score (nSPS) is 12.4. The number of rotatable bonds is 8. The molecule has 0 aliphatic carbocycles. The topological polar surface area (TPSA) is 39.7 Å². The Balaban J connectivity index is 0.00000364. The molecule has 148 valence electrons. The lowest BCUT2D eigenvalue weighted by atomic mass is 10.1. The van der Waals surface area contributed by atoms with Crippen LogP contribution in [0.15, 0.2) is 59.6 Å². The third-order valence-corrected chi connectivity index (χ3v) is 4.37. The highest BCUT2D eigenvalue weighted by atomic mass is 127. The summed E-state index contributed by atoms with van der Waals surface area (Å²) in [6.45, 7) is 1.50. The molecule has 2 aromatic rings. The van der Waals surface area contributed by atoms with Crippen molar-refractivity contribution in [2.45, 2.75) is 18.9 Å². The fourth-order valence-electron chi connectivity index (χ4n) is 2.78. The Morgan fingerprint density at radius 2 is 1.74 bits per heavy atom. The van der Waals surface area contributed by atoms with Crippen LogP contribution >= 0.6 is 24.0 Å². The number of likely N-dealkylation sites (N-methyl/N-ethyl adjacent to an activating group) is 1. The number of guanidine groups is 1. The predicted molar refractivity (Wildman–Crippen MR) is 123 cm³/mol. The van der Waals surface area contributed by atoms with Crippen LogP contribution in [0.2, 0.25) is 0 Å². The van der Waals surface area contributed by atoms with Crippen LogP contribution in [0, 0.1) is 5.82 Å². The molecule has 2 aromatic carbocycles. The summed E-state index contributed by atoms with van der Waals surface area (Å²) in [6, 6.07) is 17.6. The van der Waals surface area contributed by atoms with Crippen molar-refractivity contribution in [3.05, 3.63) is 71.5 Å². The predicted octanol–water partition coefficient (Wildman–Crippen LogP) is 3.32. The minimum absolute atomic E-state index is 0. The molecule has 0 aliphatic rings. The van der Waals surface area contributed by atoms with Gasteiger partial charge >= 0.3 is 0 Å². The summed E-state index contributed by atoms with van der Waals surface area (Å²) in [7, 11) is 5.95. The average molecular weight is 484 g/mol. The van der Waals surface area contributed by atoms with Gasteiger partial charge in [0.15, 0.2) is 5.96 Å². The largest absolute Gasteiger partial charge is 0.356 e. The zero-order valence-electron chi connectivity index (χ0n) is 16.3. The van der Waals surface area contributed by atoms with Gasteiger partial charge in [-0.3, -0.25) is 4.99 Å². The molecule has 0 aromatic heterocycles. The fraction of sp³-hybridized carbons (Fsp3) is 0.381. The van der Waals surface area contributed by atoms with E-state index in [-0.39, 0.29) is 29.8 Å². The number of benzene rings is 2. The number of aliphatic imine (C=N–C) groups is 1. The third kappa shape index (κ3) is 8.71. The van der Waals surface area contributed by atoms with E-state index < -0.39 is 0 Å². The van der Waals surface area contributed by atoms with E-state index in [4.69, 9.17) is 0 Å². The van der Waals surface area contributed by atoms with Crippen LogP contribution < -0.4 is 10.6 Å². The van der Waals surface area contributed by atoms with Crippen LogP contribution in [0.25, 0.3) is 0 Å². The maximum atomic E-state index is 13.2. The maximum absolute atomic E-state index is 13.2. The highest BCUT2D eigenvalue weighted by Crippen LogP contribution is 2.06. The zero-order chi connectivity index (χ0) is 18.8. The number of hydrogen-bond acceptors (Lipinski definition) is 2. The van der Waals surface area contributed by atoms with E-state index in [1.807, 2.05) is 12.1 Å². The van der Waals surface area contributed by atoms with Gasteiger partial charge in [-0.2, -0.15) is 0 Å². The van der Waals surface area contributed by atoms with Gasteiger partial charge in [0.25, 0.3) is 0 Å². The van der Waals surface area contributed by atoms with Crippen molar-refractivity contribution in [3.8, 4) is 0 Å². The minimum Gasteiger partial charge on any atom is -0.356 e. The molecule has 0 heterocycles. The van der Waals surface area contributed by atoms with Gasteiger partial charge in [0.1, 0.15) is 5.82 Å². The molecular formula is C21H30FIN4. The molecule has 1 atom stereocenters. The highest BCUT2D eigenvalue weighted by Gasteiger charge is 2.13. The second kappa shape index (κ2) is 12.7. The number of hydrogen-bond donors (Lipinski definition) is 2. The first-order valence-electron chi connectivity index (χ1n) is 8.98. The molecule has 6 heteroatoms. The van der Waals surface area contributed by atoms with E-state index in [0.29, 0.717) is 12.6 Å². The molecule has 2 rings (SSSR count). The second-order valence-electron chi connectivity index (χ2n) is 6.57. The van der Waals surface area contributed by atoms with Crippen LogP contribution in [0.1, 0.15) is 11.1 Å². The Morgan fingerprint density at radius 1 is 1.04 bits per heavy atom. The van der Waals surface area contributed by atoms with Crippen molar-refractivity contribution in [1.29, 1.82) is 0 Å². The van der Waals surface area contributed by atoms with Crippen molar-refractivity contribution in [3.63, 3.8) is 0 Å². The first-order valence-corrected chi connectivity index (χ1v) is 8.98. The average Bonchev–Trinajstić information content (AvgIpc) is 2.64. The molecule has 4 nitrogen and oxygen atoms in total. The van der Waals surface area contributed by atoms with Crippen molar-refractivity contribution in [2.24, 2.45) is 4.99 Å². The van der Waals surface area contributed by atoms with E-state index >= 15 is 0 Å². The minimum atomic E-state index is -0.195. The number of nitrogens with zero attached hydrogens (tertiary/aromatic N) is 2.